The summed E-state index contributed by atoms with van der Waals surface area (Å²) in [4.78, 5) is 10.9. The highest BCUT2D eigenvalue weighted by Crippen LogP contribution is 2.28. The molecule has 0 saturated heterocycles. The molecule has 0 heterocycles. The molecule has 0 unspecified atom stereocenters. The fraction of sp³-hybridized carbons (Fsp3) is 0.889. The van der Waals surface area contributed by atoms with E-state index in [0.29, 0.717) is 5.75 Å². The zero-order valence-corrected chi connectivity index (χ0v) is 8.77. The number of carbonyl (C=O) groups excluding carboxylic acids is 1. The molecule has 1 rings (SSSR count). The van der Waals surface area contributed by atoms with Crippen molar-refractivity contribution < 1.29 is 9.90 Å². The minimum Gasteiger partial charge on any atom is -0.392 e. The maximum absolute atomic E-state index is 10.9. The van der Waals surface area contributed by atoms with E-state index in [-0.39, 0.29) is 17.3 Å². The Balaban J connectivity index is 2.22. The van der Waals surface area contributed by atoms with Gasteiger partial charge >= 0.3 is 0 Å². The zero-order chi connectivity index (χ0) is 9.68. The molecule has 1 aliphatic carbocycles. The first-order valence-corrected chi connectivity index (χ1v) is 5.79. The number of carbonyl (C=O) groups is 1. The molecule has 3 nitrogen and oxygen atoms in total. The van der Waals surface area contributed by atoms with Crippen molar-refractivity contribution in [3.05, 3.63) is 0 Å². The molecule has 0 radical (unpaired) electrons. The molecule has 1 aliphatic rings. The number of thioether (sulfide) groups is 1. The van der Waals surface area contributed by atoms with Gasteiger partial charge in [-0.05, 0) is 12.8 Å². The average Bonchev–Trinajstić information content (AvgIpc) is 2.16. The van der Waals surface area contributed by atoms with E-state index in [1.54, 1.807) is 18.8 Å². The molecule has 0 aromatic carbocycles. The highest BCUT2D eigenvalue weighted by atomic mass is 32.2. The van der Waals surface area contributed by atoms with Crippen LogP contribution in [0.15, 0.2) is 0 Å². The SMILES string of the molecule is CNC(=O)CS[C@@H]1CCCC[C@H]1O. The van der Waals surface area contributed by atoms with Crippen molar-refractivity contribution >= 4 is 17.7 Å². The third-order valence-corrected chi connectivity index (χ3v) is 3.78. The molecule has 0 bridgehead atoms. The number of aliphatic hydroxyl groups is 1. The summed E-state index contributed by atoms with van der Waals surface area (Å²) in [5.74, 6) is 0.515. The number of hydrogen-bond acceptors (Lipinski definition) is 3. The van der Waals surface area contributed by atoms with E-state index in [4.69, 9.17) is 0 Å². The quantitative estimate of drug-likeness (QED) is 0.712. The van der Waals surface area contributed by atoms with E-state index in [1.165, 1.54) is 6.42 Å². The Morgan fingerprint density at radius 1 is 1.54 bits per heavy atom. The van der Waals surface area contributed by atoms with Crippen molar-refractivity contribution in [3.63, 3.8) is 0 Å². The molecule has 13 heavy (non-hydrogen) atoms. The number of nitrogens with one attached hydrogen (secondary N) is 1. The van der Waals surface area contributed by atoms with E-state index >= 15 is 0 Å². The van der Waals surface area contributed by atoms with Crippen LogP contribution in [0.3, 0.4) is 0 Å². The van der Waals surface area contributed by atoms with Crippen molar-refractivity contribution in [1.29, 1.82) is 0 Å². The van der Waals surface area contributed by atoms with Crippen LogP contribution in [0.1, 0.15) is 25.7 Å². The number of amides is 1. The molecule has 2 N–H and O–H groups in total. The first kappa shape index (κ1) is 10.9. The van der Waals surface area contributed by atoms with Crippen LogP contribution in [0.2, 0.25) is 0 Å². The molecule has 0 aromatic heterocycles. The summed E-state index contributed by atoms with van der Waals surface area (Å²) >= 11 is 1.58. The van der Waals surface area contributed by atoms with Gasteiger partial charge in [-0.25, -0.2) is 0 Å². The summed E-state index contributed by atoms with van der Waals surface area (Å²) in [6.07, 6.45) is 4.04. The molecule has 4 heteroatoms. The molecular formula is C9H17NO2S. The van der Waals surface area contributed by atoms with Crippen LogP contribution >= 0.6 is 11.8 Å². The first-order chi connectivity index (χ1) is 6.24. The van der Waals surface area contributed by atoms with Crippen molar-refractivity contribution in [2.24, 2.45) is 0 Å². The Hall–Kier alpha value is -0.220. The summed E-state index contributed by atoms with van der Waals surface area (Å²) in [6.45, 7) is 0. The normalized spacial score (nSPS) is 28.5. The average molecular weight is 203 g/mol. The second-order valence-electron chi connectivity index (χ2n) is 3.37. The topological polar surface area (TPSA) is 49.3 Å². The van der Waals surface area contributed by atoms with Gasteiger partial charge in [-0.3, -0.25) is 4.79 Å². The van der Waals surface area contributed by atoms with Gasteiger partial charge in [0.25, 0.3) is 0 Å². The second-order valence-corrected chi connectivity index (χ2v) is 4.60. The maximum atomic E-state index is 10.9. The summed E-state index contributed by atoms with van der Waals surface area (Å²) in [5, 5.41) is 12.4. The lowest BCUT2D eigenvalue weighted by Gasteiger charge is -2.26. The van der Waals surface area contributed by atoms with Crippen LogP contribution < -0.4 is 5.32 Å². The van der Waals surface area contributed by atoms with Gasteiger partial charge in [0, 0.05) is 12.3 Å². The van der Waals surface area contributed by atoms with Gasteiger partial charge in [0.15, 0.2) is 0 Å². The number of rotatable bonds is 3. The zero-order valence-electron chi connectivity index (χ0n) is 7.95. The smallest absolute Gasteiger partial charge is 0.229 e. The Kier molecular flexibility index (Phi) is 4.59. The lowest BCUT2D eigenvalue weighted by atomic mass is 9.97. The van der Waals surface area contributed by atoms with Crippen LogP contribution in [0.5, 0.6) is 0 Å². The van der Waals surface area contributed by atoms with E-state index in [2.05, 4.69) is 5.32 Å². The van der Waals surface area contributed by atoms with E-state index in [1.807, 2.05) is 0 Å². The van der Waals surface area contributed by atoms with Crippen LogP contribution in [0.25, 0.3) is 0 Å². The van der Waals surface area contributed by atoms with Gasteiger partial charge < -0.3 is 10.4 Å². The highest BCUT2D eigenvalue weighted by molar-refractivity contribution is 8.00. The van der Waals surface area contributed by atoms with Gasteiger partial charge in [-0.1, -0.05) is 12.8 Å². The minimum atomic E-state index is -0.205. The fourth-order valence-corrected chi connectivity index (χ4v) is 2.73. The number of hydrogen-bond donors (Lipinski definition) is 2. The molecule has 1 amide bonds. The maximum Gasteiger partial charge on any atom is 0.229 e. The van der Waals surface area contributed by atoms with Crippen molar-refractivity contribution in [2.45, 2.75) is 37.0 Å². The Bertz CT molecular complexity index is 175. The van der Waals surface area contributed by atoms with Crippen molar-refractivity contribution in [1.82, 2.24) is 5.32 Å². The summed E-state index contributed by atoms with van der Waals surface area (Å²) in [7, 11) is 1.64. The van der Waals surface area contributed by atoms with Crippen LogP contribution in [-0.4, -0.2) is 35.2 Å². The largest absolute Gasteiger partial charge is 0.392 e. The molecule has 0 aliphatic heterocycles. The molecule has 0 aromatic rings. The van der Waals surface area contributed by atoms with Crippen molar-refractivity contribution in [3.8, 4) is 0 Å². The Morgan fingerprint density at radius 3 is 2.85 bits per heavy atom. The highest BCUT2D eigenvalue weighted by Gasteiger charge is 2.23. The molecule has 1 saturated carbocycles. The van der Waals surface area contributed by atoms with E-state index in [9.17, 15) is 9.90 Å². The summed E-state index contributed by atoms with van der Waals surface area (Å²) in [5.41, 5.74) is 0. The molecular weight excluding hydrogens is 186 g/mol. The van der Waals surface area contributed by atoms with E-state index < -0.39 is 0 Å². The Labute approximate surface area is 83.3 Å². The predicted octanol–water partition coefficient (Wildman–Crippen LogP) is 0.769. The molecule has 0 spiro atoms. The van der Waals surface area contributed by atoms with Crippen molar-refractivity contribution in [2.75, 3.05) is 12.8 Å². The third kappa shape index (κ3) is 3.56. The second kappa shape index (κ2) is 5.50. The Morgan fingerprint density at radius 2 is 2.23 bits per heavy atom. The molecule has 2 atom stereocenters. The third-order valence-electron chi connectivity index (χ3n) is 2.38. The fourth-order valence-electron chi connectivity index (χ4n) is 1.53. The lowest BCUT2D eigenvalue weighted by Crippen LogP contribution is -2.29. The first-order valence-electron chi connectivity index (χ1n) is 4.74. The molecule has 76 valence electrons. The van der Waals surface area contributed by atoms with Gasteiger partial charge in [0.1, 0.15) is 0 Å². The minimum absolute atomic E-state index is 0.0442. The standard InChI is InChI=1S/C9H17NO2S/c1-10-9(12)6-13-8-5-3-2-4-7(8)11/h7-8,11H,2-6H2,1H3,(H,10,12)/t7-,8-/m1/s1. The van der Waals surface area contributed by atoms with E-state index in [0.717, 1.165) is 19.3 Å². The monoisotopic (exact) mass is 203 g/mol. The lowest BCUT2D eigenvalue weighted by molar-refractivity contribution is -0.118. The van der Waals surface area contributed by atoms with Crippen LogP contribution in [0.4, 0.5) is 0 Å². The van der Waals surface area contributed by atoms with Gasteiger partial charge in [-0.15, -0.1) is 11.8 Å². The van der Waals surface area contributed by atoms with Gasteiger partial charge in [-0.2, -0.15) is 0 Å². The summed E-state index contributed by atoms with van der Waals surface area (Å²) < 4.78 is 0. The molecule has 1 fully saturated rings. The van der Waals surface area contributed by atoms with Crippen LogP contribution in [-0.2, 0) is 4.79 Å². The van der Waals surface area contributed by atoms with Crippen LogP contribution in [0, 0.1) is 0 Å². The van der Waals surface area contributed by atoms with Gasteiger partial charge in [0.05, 0.1) is 11.9 Å². The summed E-state index contributed by atoms with van der Waals surface area (Å²) in [6, 6.07) is 0. The van der Waals surface area contributed by atoms with Gasteiger partial charge in [0.2, 0.25) is 5.91 Å². The predicted molar refractivity (Wildman–Crippen MR) is 54.8 cm³/mol. The number of aliphatic hydroxyl groups excluding tert-OH is 1.